The van der Waals surface area contributed by atoms with Gasteiger partial charge in [0, 0.05) is 19.6 Å². The van der Waals surface area contributed by atoms with Gasteiger partial charge in [-0.2, -0.15) is 0 Å². The lowest BCUT2D eigenvalue weighted by atomic mass is 10.2. The molecule has 0 saturated heterocycles. The number of aliphatic hydroxyl groups excluding tert-OH is 3. The fourth-order valence-corrected chi connectivity index (χ4v) is 2.16. The van der Waals surface area contributed by atoms with E-state index < -0.39 is 5.97 Å². The monoisotopic (exact) mass is 369 g/mol. The topological polar surface area (TPSA) is 110 Å². The van der Waals surface area contributed by atoms with E-state index in [1.807, 2.05) is 0 Å². The lowest BCUT2D eigenvalue weighted by molar-refractivity contribution is 0.0693. The maximum absolute atomic E-state index is 10.7. The molecule has 0 heterocycles. The average Bonchev–Trinajstić information content (AvgIpc) is 2.50. The number of benzene rings is 1. The van der Waals surface area contributed by atoms with Gasteiger partial charge in [0.1, 0.15) is 5.56 Å². The maximum Gasteiger partial charge on any atom is 0.341 e. The van der Waals surface area contributed by atoms with Gasteiger partial charge in [-0.05, 0) is 12.1 Å². The molecular weight excluding hydrogens is 349 g/mol. The van der Waals surface area contributed by atoms with E-state index in [1.54, 1.807) is 4.90 Å². The molecule has 0 aliphatic rings. The minimum absolute atomic E-state index is 0.0694. The van der Waals surface area contributed by atoms with Crippen LogP contribution in [-0.2, 0) is 0 Å². The average molecular weight is 370 g/mol. The lowest BCUT2D eigenvalue weighted by Crippen LogP contribution is -2.32. The standard InChI is InChI=1S/C8H6Cl2O3.C6H15NO3/c1-13-7-5(10)3-2-4(9)6(7)8(11)12;8-4-1-7(2-5-9)3-6-10/h2-3H,1H3,(H,11,12);8-10H,1-6H2. The van der Waals surface area contributed by atoms with Crippen LogP contribution in [0.3, 0.4) is 0 Å². The van der Waals surface area contributed by atoms with Crippen LogP contribution in [0.15, 0.2) is 12.1 Å². The molecule has 0 radical (unpaired) electrons. The van der Waals surface area contributed by atoms with Crippen LogP contribution in [0.2, 0.25) is 10.0 Å². The molecule has 0 bridgehead atoms. The highest BCUT2D eigenvalue weighted by atomic mass is 35.5. The van der Waals surface area contributed by atoms with E-state index in [9.17, 15) is 4.79 Å². The summed E-state index contributed by atoms with van der Waals surface area (Å²) in [5.74, 6) is -1.08. The Morgan fingerprint density at radius 3 is 1.78 bits per heavy atom. The van der Waals surface area contributed by atoms with Crippen molar-refractivity contribution < 1.29 is 30.0 Å². The Morgan fingerprint density at radius 2 is 1.48 bits per heavy atom. The molecule has 0 atom stereocenters. The number of carboxylic acids is 1. The number of aliphatic hydroxyl groups is 3. The van der Waals surface area contributed by atoms with Crippen molar-refractivity contribution in [2.24, 2.45) is 0 Å². The SMILES string of the molecule is COc1c(Cl)ccc(Cl)c1C(=O)O.OCCN(CCO)CCO. The molecule has 4 N–H and O–H groups in total. The maximum atomic E-state index is 10.7. The third-order valence-electron chi connectivity index (χ3n) is 2.73. The predicted octanol–water partition coefficient (Wildman–Crippen LogP) is 0.966. The number of halogens is 2. The summed E-state index contributed by atoms with van der Waals surface area (Å²) in [6.45, 7) is 1.75. The quantitative estimate of drug-likeness (QED) is 0.540. The molecule has 132 valence electrons. The van der Waals surface area contributed by atoms with E-state index in [-0.39, 0.29) is 41.2 Å². The predicted molar refractivity (Wildman–Crippen MR) is 87.7 cm³/mol. The van der Waals surface area contributed by atoms with Gasteiger partial charge in [0.2, 0.25) is 0 Å². The lowest BCUT2D eigenvalue weighted by Gasteiger charge is -2.17. The molecule has 0 unspecified atom stereocenters. The van der Waals surface area contributed by atoms with Gasteiger partial charge in [0.15, 0.2) is 5.75 Å². The van der Waals surface area contributed by atoms with E-state index in [2.05, 4.69) is 0 Å². The van der Waals surface area contributed by atoms with Crippen molar-refractivity contribution in [3.05, 3.63) is 27.7 Å². The summed E-state index contributed by atoms with van der Waals surface area (Å²) in [5, 5.41) is 34.6. The summed E-state index contributed by atoms with van der Waals surface area (Å²) in [4.78, 5) is 12.5. The molecule has 0 amide bonds. The summed E-state index contributed by atoms with van der Waals surface area (Å²) < 4.78 is 4.82. The highest BCUT2D eigenvalue weighted by Gasteiger charge is 2.17. The summed E-state index contributed by atoms with van der Waals surface area (Å²) in [7, 11) is 1.34. The summed E-state index contributed by atoms with van der Waals surface area (Å²) in [5.41, 5.74) is -0.114. The molecule has 7 nitrogen and oxygen atoms in total. The van der Waals surface area contributed by atoms with Crippen LogP contribution in [0.5, 0.6) is 5.75 Å². The molecule has 23 heavy (non-hydrogen) atoms. The zero-order valence-corrected chi connectivity index (χ0v) is 14.2. The van der Waals surface area contributed by atoms with Gasteiger partial charge in [-0.25, -0.2) is 4.79 Å². The van der Waals surface area contributed by atoms with E-state index in [1.165, 1.54) is 19.2 Å². The molecule has 0 aliphatic carbocycles. The van der Waals surface area contributed by atoms with Gasteiger partial charge in [0.25, 0.3) is 0 Å². The van der Waals surface area contributed by atoms with Crippen LogP contribution in [0, 0.1) is 0 Å². The van der Waals surface area contributed by atoms with E-state index in [4.69, 9.17) is 48.4 Å². The third-order valence-corrected chi connectivity index (χ3v) is 3.34. The molecule has 1 rings (SSSR count). The first-order valence-corrected chi connectivity index (χ1v) is 7.48. The van der Waals surface area contributed by atoms with Crippen molar-refractivity contribution in [1.29, 1.82) is 0 Å². The molecule has 1 aromatic carbocycles. The highest BCUT2D eigenvalue weighted by Crippen LogP contribution is 2.33. The second kappa shape index (κ2) is 12.3. The molecule has 0 aliphatic heterocycles. The van der Waals surface area contributed by atoms with E-state index >= 15 is 0 Å². The third kappa shape index (κ3) is 7.83. The minimum Gasteiger partial charge on any atom is -0.494 e. The normalized spacial score (nSPS) is 10.2. The van der Waals surface area contributed by atoms with Gasteiger partial charge in [0.05, 0.1) is 37.0 Å². The molecule has 1 aromatic rings. The Balaban J connectivity index is 0.000000438. The largest absolute Gasteiger partial charge is 0.494 e. The van der Waals surface area contributed by atoms with Crippen molar-refractivity contribution >= 4 is 29.2 Å². The van der Waals surface area contributed by atoms with E-state index in [0.29, 0.717) is 19.6 Å². The van der Waals surface area contributed by atoms with Crippen LogP contribution in [-0.4, -0.2) is 77.9 Å². The number of methoxy groups -OCH3 is 1. The molecular formula is C14H21Cl2NO6. The van der Waals surface area contributed by atoms with Crippen LogP contribution < -0.4 is 4.74 Å². The first-order valence-electron chi connectivity index (χ1n) is 6.73. The van der Waals surface area contributed by atoms with Crippen molar-refractivity contribution in [2.75, 3.05) is 46.6 Å². The zero-order chi connectivity index (χ0) is 17.8. The summed E-state index contributed by atoms with van der Waals surface area (Å²) >= 11 is 11.4. The Hall–Kier alpha value is -1.09. The van der Waals surface area contributed by atoms with Gasteiger partial charge >= 0.3 is 5.97 Å². The Kier molecular flexibility index (Phi) is 11.8. The smallest absolute Gasteiger partial charge is 0.341 e. The minimum atomic E-state index is -1.16. The summed E-state index contributed by atoms with van der Waals surface area (Å²) in [6.07, 6.45) is 0. The van der Waals surface area contributed by atoms with Crippen molar-refractivity contribution in [2.45, 2.75) is 0 Å². The number of hydrogen-bond donors (Lipinski definition) is 4. The Morgan fingerprint density at radius 1 is 1.04 bits per heavy atom. The Labute approximate surface area is 144 Å². The Bertz CT molecular complexity index is 472. The second-order valence-corrected chi connectivity index (χ2v) is 5.07. The molecule has 9 heteroatoms. The number of ether oxygens (including phenoxy) is 1. The fraction of sp³-hybridized carbons (Fsp3) is 0.500. The van der Waals surface area contributed by atoms with Crippen molar-refractivity contribution in [1.82, 2.24) is 4.90 Å². The van der Waals surface area contributed by atoms with Gasteiger partial charge in [-0.15, -0.1) is 0 Å². The van der Waals surface area contributed by atoms with E-state index in [0.717, 1.165) is 0 Å². The number of carboxylic acid groups (broad SMARTS) is 1. The van der Waals surface area contributed by atoms with Crippen molar-refractivity contribution in [3.8, 4) is 5.75 Å². The zero-order valence-electron chi connectivity index (χ0n) is 12.7. The number of rotatable bonds is 8. The van der Waals surface area contributed by atoms with Gasteiger partial charge in [-0.3, -0.25) is 4.90 Å². The molecule has 0 aromatic heterocycles. The number of aromatic carboxylic acids is 1. The van der Waals surface area contributed by atoms with Crippen molar-refractivity contribution in [3.63, 3.8) is 0 Å². The van der Waals surface area contributed by atoms with Crippen LogP contribution >= 0.6 is 23.2 Å². The van der Waals surface area contributed by atoms with Gasteiger partial charge < -0.3 is 25.2 Å². The van der Waals surface area contributed by atoms with Crippen LogP contribution in [0.4, 0.5) is 0 Å². The molecule has 0 fully saturated rings. The number of hydrogen-bond acceptors (Lipinski definition) is 6. The van der Waals surface area contributed by atoms with Crippen LogP contribution in [0.25, 0.3) is 0 Å². The second-order valence-electron chi connectivity index (χ2n) is 4.26. The highest BCUT2D eigenvalue weighted by molar-refractivity contribution is 6.36. The summed E-state index contributed by atoms with van der Waals surface area (Å²) in [6, 6.07) is 2.89. The number of carbonyl (C=O) groups is 1. The first-order chi connectivity index (χ1) is 10.9. The van der Waals surface area contributed by atoms with Gasteiger partial charge in [-0.1, -0.05) is 23.2 Å². The first kappa shape index (κ1) is 21.9. The molecule has 0 spiro atoms. The molecule has 0 saturated carbocycles. The fourth-order valence-electron chi connectivity index (χ4n) is 1.69. The number of nitrogens with zero attached hydrogens (tertiary/aromatic N) is 1. The van der Waals surface area contributed by atoms with Crippen LogP contribution in [0.1, 0.15) is 10.4 Å².